The molecule has 0 spiro atoms. The fraction of sp³-hybridized carbons (Fsp3) is 0.929. The van der Waals surface area contributed by atoms with Crippen LogP contribution in [-0.4, -0.2) is 87.5 Å². The minimum atomic E-state index is -1.57. The van der Waals surface area contributed by atoms with Crippen molar-refractivity contribution in [3.63, 3.8) is 0 Å². The molecule has 1 rings (SSSR count). The van der Waals surface area contributed by atoms with Crippen LogP contribution in [0.4, 0.5) is 0 Å². The summed E-state index contributed by atoms with van der Waals surface area (Å²) in [5, 5.41) is 54.7. The van der Waals surface area contributed by atoms with Gasteiger partial charge in [-0.15, -0.1) is 0 Å². The van der Waals surface area contributed by atoms with E-state index in [2.05, 4.69) is 31.3 Å². The number of amides is 1. The maximum atomic E-state index is 13.1. The van der Waals surface area contributed by atoms with Crippen LogP contribution in [0.3, 0.4) is 0 Å². The molecule has 0 bridgehead atoms. The average Bonchev–Trinajstić information content (AvgIpc) is 3.47. The second-order valence-corrected chi connectivity index (χ2v) is 24.7. The minimum absolute atomic E-state index is 0.178. The van der Waals surface area contributed by atoms with Crippen molar-refractivity contribution in [2.45, 2.75) is 403 Å². The van der Waals surface area contributed by atoms with E-state index in [1.165, 1.54) is 302 Å². The van der Waals surface area contributed by atoms with E-state index >= 15 is 0 Å². The van der Waals surface area contributed by atoms with Crippen molar-refractivity contribution >= 4 is 5.91 Å². The second kappa shape index (κ2) is 59.8. The molecule has 1 aliphatic rings. The number of hydrogen-bond donors (Lipinski definition) is 6. The molecule has 1 saturated heterocycles. The standard InChI is InChI=1S/C70H135NO8/c1-3-5-7-9-11-13-15-17-19-21-23-25-27-28-29-30-31-32-33-34-35-36-37-38-40-42-44-46-48-50-52-54-56-58-60-66(74)71-63(62-78-70-69(77)68(76)67(75)65(61-72)79-70)64(73)59-57-55-53-51-49-47-45-43-41-39-26-24-22-20-18-16-14-12-10-8-6-4-2/h49,51,57,59,63-65,67-70,72-73,75-77H,3-48,50,52-56,58,60-62H2,1-2H3,(H,71,74)/b51-49+,59-57+. The third-order valence-electron chi connectivity index (χ3n) is 17.0. The van der Waals surface area contributed by atoms with E-state index in [-0.39, 0.29) is 12.5 Å². The number of allylic oxidation sites excluding steroid dienone is 3. The topological polar surface area (TPSA) is 149 Å². The first-order valence-electron chi connectivity index (χ1n) is 35.1. The molecule has 7 unspecified atom stereocenters. The Morgan fingerprint density at radius 2 is 0.722 bits per heavy atom. The molecular weight excluding hydrogens is 983 g/mol. The van der Waals surface area contributed by atoms with Gasteiger partial charge >= 0.3 is 0 Å². The number of carbonyl (C=O) groups is 1. The van der Waals surface area contributed by atoms with Crippen molar-refractivity contribution < 1.29 is 39.8 Å². The highest BCUT2D eigenvalue weighted by molar-refractivity contribution is 5.76. The van der Waals surface area contributed by atoms with Crippen molar-refractivity contribution in [1.29, 1.82) is 0 Å². The summed E-state index contributed by atoms with van der Waals surface area (Å²) >= 11 is 0. The van der Waals surface area contributed by atoms with Crippen molar-refractivity contribution in [2.75, 3.05) is 13.2 Å². The Morgan fingerprint density at radius 3 is 1.06 bits per heavy atom. The maximum absolute atomic E-state index is 13.1. The van der Waals surface area contributed by atoms with Gasteiger partial charge in [0, 0.05) is 6.42 Å². The van der Waals surface area contributed by atoms with Crippen molar-refractivity contribution in [1.82, 2.24) is 5.32 Å². The number of rotatable bonds is 62. The Kier molecular flexibility index (Phi) is 57.3. The highest BCUT2D eigenvalue weighted by atomic mass is 16.7. The number of aliphatic hydroxyl groups is 5. The summed E-state index contributed by atoms with van der Waals surface area (Å²) in [4.78, 5) is 13.1. The number of ether oxygens (including phenoxy) is 2. The first-order valence-corrected chi connectivity index (χ1v) is 35.1. The summed E-state index contributed by atoms with van der Waals surface area (Å²) < 4.78 is 11.3. The molecule has 0 aromatic rings. The summed E-state index contributed by atoms with van der Waals surface area (Å²) in [7, 11) is 0. The molecule has 0 aliphatic carbocycles. The summed E-state index contributed by atoms with van der Waals surface area (Å²) in [5.41, 5.74) is 0. The van der Waals surface area contributed by atoms with Gasteiger partial charge in [0.05, 0.1) is 25.4 Å². The number of nitrogens with one attached hydrogen (secondary N) is 1. The normalized spacial score (nSPS) is 18.6. The quantitative estimate of drug-likeness (QED) is 0.0261. The molecule has 1 fully saturated rings. The van der Waals surface area contributed by atoms with Crippen LogP contribution in [0.5, 0.6) is 0 Å². The van der Waals surface area contributed by atoms with Gasteiger partial charge in [0.1, 0.15) is 24.4 Å². The van der Waals surface area contributed by atoms with Crippen LogP contribution in [0, 0.1) is 0 Å². The van der Waals surface area contributed by atoms with E-state index in [0.29, 0.717) is 6.42 Å². The number of hydrogen-bond acceptors (Lipinski definition) is 8. The molecule has 0 radical (unpaired) electrons. The SMILES string of the molecule is CCCCCCCCCCCCCCCCCC/C=C/CC/C=C/C(O)C(COC1OC(CO)C(O)C(O)C1O)NC(=O)CCCCCCCCCCCCCCCCCCCCCCCCCCCCCCCCCCCC. The lowest BCUT2D eigenvalue weighted by Gasteiger charge is -2.40. The zero-order valence-corrected chi connectivity index (χ0v) is 52.4. The molecule has 0 aromatic heterocycles. The lowest BCUT2D eigenvalue weighted by Crippen LogP contribution is -2.60. The Balaban J connectivity index is 2.10. The molecule has 9 nitrogen and oxygen atoms in total. The monoisotopic (exact) mass is 1120 g/mol. The smallest absolute Gasteiger partial charge is 0.220 e. The van der Waals surface area contributed by atoms with Gasteiger partial charge in [-0.1, -0.05) is 346 Å². The maximum Gasteiger partial charge on any atom is 0.220 e. The molecule has 0 saturated carbocycles. The van der Waals surface area contributed by atoms with E-state index in [9.17, 15) is 30.3 Å². The zero-order valence-electron chi connectivity index (χ0n) is 52.4. The van der Waals surface area contributed by atoms with E-state index in [4.69, 9.17) is 9.47 Å². The number of aliphatic hydroxyl groups excluding tert-OH is 5. The lowest BCUT2D eigenvalue weighted by atomic mass is 9.99. The fourth-order valence-corrected chi connectivity index (χ4v) is 11.5. The zero-order chi connectivity index (χ0) is 57.2. The Bertz CT molecular complexity index is 1300. The fourth-order valence-electron chi connectivity index (χ4n) is 11.5. The van der Waals surface area contributed by atoms with Crippen LogP contribution in [-0.2, 0) is 14.3 Å². The van der Waals surface area contributed by atoms with Crippen LogP contribution in [0.2, 0.25) is 0 Å². The van der Waals surface area contributed by atoms with Gasteiger partial charge in [-0.05, 0) is 32.1 Å². The van der Waals surface area contributed by atoms with Crippen LogP contribution in [0.25, 0.3) is 0 Å². The summed E-state index contributed by atoms with van der Waals surface area (Å²) in [6.07, 6.45) is 71.6. The Morgan fingerprint density at radius 1 is 0.418 bits per heavy atom. The highest BCUT2D eigenvalue weighted by Crippen LogP contribution is 2.23. The van der Waals surface area contributed by atoms with Gasteiger partial charge in [-0.25, -0.2) is 0 Å². The minimum Gasteiger partial charge on any atom is -0.394 e. The third kappa shape index (κ3) is 48.7. The molecule has 7 atom stereocenters. The Labute approximate surface area is 489 Å². The van der Waals surface area contributed by atoms with Crippen LogP contribution in [0.1, 0.15) is 361 Å². The predicted octanol–water partition coefficient (Wildman–Crippen LogP) is 18.9. The molecule has 9 heteroatoms. The van der Waals surface area contributed by atoms with Gasteiger partial charge < -0.3 is 40.3 Å². The summed E-state index contributed by atoms with van der Waals surface area (Å²) in [6, 6.07) is -0.820. The van der Waals surface area contributed by atoms with Crippen molar-refractivity contribution in [3.8, 4) is 0 Å². The molecule has 468 valence electrons. The molecular formula is C70H135NO8. The second-order valence-electron chi connectivity index (χ2n) is 24.7. The largest absolute Gasteiger partial charge is 0.394 e. The molecule has 1 aliphatic heterocycles. The van der Waals surface area contributed by atoms with Crippen molar-refractivity contribution in [3.05, 3.63) is 24.3 Å². The number of carbonyl (C=O) groups excluding carboxylic acids is 1. The molecule has 0 aromatic carbocycles. The average molecular weight is 1120 g/mol. The molecule has 6 N–H and O–H groups in total. The third-order valence-corrected chi connectivity index (χ3v) is 17.0. The molecule has 1 heterocycles. The first-order chi connectivity index (χ1) is 38.8. The molecule has 1 amide bonds. The summed E-state index contributed by atoms with van der Waals surface area (Å²) in [6.45, 7) is 3.82. The van der Waals surface area contributed by atoms with Gasteiger partial charge in [0.15, 0.2) is 6.29 Å². The Hall–Kier alpha value is -1.33. The van der Waals surface area contributed by atoms with Crippen molar-refractivity contribution in [2.24, 2.45) is 0 Å². The van der Waals surface area contributed by atoms with E-state index in [0.717, 1.165) is 38.5 Å². The summed E-state index contributed by atoms with van der Waals surface area (Å²) in [5.74, 6) is -0.178. The van der Waals surface area contributed by atoms with E-state index in [1.54, 1.807) is 6.08 Å². The van der Waals surface area contributed by atoms with Crippen LogP contribution >= 0.6 is 0 Å². The van der Waals surface area contributed by atoms with Gasteiger partial charge in [-0.2, -0.15) is 0 Å². The van der Waals surface area contributed by atoms with E-state index < -0.39 is 49.5 Å². The predicted molar refractivity (Wildman–Crippen MR) is 337 cm³/mol. The lowest BCUT2D eigenvalue weighted by molar-refractivity contribution is -0.302. The van der Waals surface area contributed by atoms with Gasteiger partial charge in [0.25, 0.3) is 0 Å². The van der Waals surface area contributed by atoms with Gasteiger partial charge in [-0.3, -0.25) is 4.79 Å². The number of unbranched alkanes of at least 4 members (excludes halogenated alkanes) is 50. The van der Waals surface area contributed by atoms with Crippen LogP contribution in [0.15, 0.2) is 24.3 Å². The highest BCUT2D eigenvalue weighted by Gasteiger charge is 2.44. The van der Waals surface area contributed by atoms with Crippen LogP contribution < -0.4 is 5.32 Å². The first kappa shape index (κ1) is 75.7. The van der Waals surface area contributed by atoms with E-state index in [1.807, 2.05) is 6.08 Å². The molecule has 79 heavy (non-hydrogen) atoms. The van der Waals surface area contributed by atoms with Gasteiger partial charge in [0.2, 0.25) is 5.91 Å².